The van der Waals surface area contributed by atoms with Gasteiger partial charge < -0.3 is 14.8 Å². The lowest BCUT2D eigenvalue weighted by atomic mass is 10.2. The first-order valence-corrected chi connectivity index (χ1v) is 8.42. The van der Waals surface area contributed by atoms with E-state index in [1.807, 2.05) is 25.1 Å². The highest BCUT2D eigenvalue weighted by Gasteiger charge is 2.07. The summed E-state index contributed by atoms with van der Waals surface area (Å²) in [6.07, 6.45) is 1.58. The van der Waals surface area contributed by atoms with Crippen molar-refractivity contribution in [3.63, 3.8) is 0 Å². The molecule has 0 radical (unpaired) electrons. The molecule has 0 saturated carbocycles. The second-order valence-corrected chi connectivity index (χ2v) is 5.82. The molecule has 0 heterocycles. The van der Waals surface area contributed by atoms with E-state index in [-0.39, 0.29) is 24.7 Å². The summed E-state index contributed by atoms with van der Waals surface area (Å²) in [4.78, 5) is 23.8. The summed E-state index contributed by atoms with van der Waals surface area (Å²) in [6.45, 7) is 1.94. The summed E-state index contributed by atoms with van der Waals surface area (Å²) in [5.74, 6) is 0.659. The minimum Gasteiger partial charge on any atom is -0.497 e. The molecular formula is C20H23N3O4. The van der Waals surface area contributed by atoms with Crippen LogP contribution < -0.4 is 20.2 Å². The van der Waals surface area contributed by atoms with Crippen LogP contribution in [0.2, 0.25) is 0 Å². The van der Waals surface area contributed by atoms with Gasteiger partial charge in [-0.25, -0.2) is 5.43 Å². The first-order chi connectivity index (χ1) is 13.0. The molecule has 0 atom stereocenters. The zero-order valence-electron chi connectivity index (χ0n) is 15.6. The summed E-state index contributed by atoms with van der Waals surface area (Å²) < 4.78 is 10.4. The Hall–Kier alpha value is -3.35. The minimum atomic E-state index is -0.349. The molecule has 0 saturated heterocycles. The highest BCUT2D eigenvalue weighted by molar-refractivity contribution is 5.93. The molecule has 0 unspecified atom stereocenters. The van der Waals surface area contributed by atoms with E-state index in [1.165, 1.54) is 13.3 Å². The van der Waals surface area contributed by atoms with Crippen LogP contribution in [0, 0.1) is 6.92 Å². The maximum absolute atomic E-state index is 11.9. The lowest BCUT2D eigenvalue weighted by molar-refractivity contribution is -0.124. The van der Waals surface area contributed by atoms with Crippen LogP contribution in [-0.2, 0) is 9.59 Å². The van der Waals surface area contributed by atoms with Crippen molar-refractivity contribution in [3.8, 4) is 11.5 Å². The molecule has 2 aromatic rings. The Bertz CT molecular complexity index is 834. The van der Waals surface area contributed by atoms with Gasteiger partial charge in [0.25, 0.3) is 0 Å². The van der Waals surface area contributed by atoms with Crippen LogP contribution in [0.3, 0.4) is 0 Å². The van der Waals surface area contributed by atoms with Gasteiger partial charge in [-0.15, -0.1) is 0 Å². The number of ether oxygens (including phenoxy) is 2. The van der Waals surface area contributed by atoms with E-state index in [9.17, 15) is 9.59 Å². The number of methoxy groups -OCH3 is 2. The Morgan fingerprint density at radius 3 is 2.52 bits per heavy atom. The second-order valence-electron chi connectivity index (χ2n) is 5.82. The Morgan fingerprint density at radius 1 is 1.04 bits per heavy atom. The first-order valence-electron chi connectivity index (χ1n) is 8.42. The number of rotatable bonds is 8. The van der Waals surface area contributed by atoms with Gasteiger partial charge in [-0.1, -0.05) is 12.1 Å². The van der Waals surface area contributed by atoms with Gasteiger partial charge in [-0.3, -0.25) is 9.59 Å². The Kier molecular flexibility index (Phi) is 7.37. The third-order valence-electron chi connectivity index (χ3n) is 3.71. The number of nitrogens with zero attached hydrogens (tertiary/aromatic N) is 1. The van der Waals surface area contributed by atoms with Crippen LogP contribution in [0.1, 0.15) is 24.0 Å². The summed E-state index contributed by atoms with van der Waals surface area (Å²) in [6, 6.07) is 12.7. The van der Waals surface area contributed by atoms with Gasteiger partial charge in [0.2, 0.25) is 11.8 Å². The zero-order valence-corrected chi connectivity index (χ0v) is 15.6. The predicted octanol–water partition coefficient (Wildman–Crippen LogP) is 2.88. The standard InChI is InChI=1S/C20H23N3O4/c1-14-5-4-6-16(11-14)22-19(24)9-10-20(25)23-21-13-15-7-8-17(26-2)12-18(15)27-3/h4-8,11-13H,9-10H2,1-3H3,(H,22,24)(H,23,25). The number of benzene rings is 2. The summed E-state index contributed by atoms with van der Waals surface area (Å²) in [7, 11) is 3.11. The molecule has 0 aliphatic carbocycles. The van der Waals surface area contributed by atoms with Crippen molar-refractivity contribution in [2.75, 3.05) is 19.5 Å². The number of hydrazone groups is 1. The van der Waals surface area contributed by atoms with E-state index in [2.05, 4.69) is 15.8 Å². The van der Waals surface area contributed by atoms with Crippen molar-refractivity contribution in [3.05, 3.63) is 53.6 Å². The number of carbonyl (C=O) groups excluding carboxylic acids is 2. The summed E-state index contributed by atoms with van der Waals surface area (Å²) in [5, 5.41) is 6.66. The lowest BCUT2D eigenvalue weighted by Crippen LogP contribution is -2.20. The van der Waals surface area contributed by atoms with E-state index >= 15 is 0 Å². The molecule has 27 heavy (non-hydrogen) atoms. The van der Waals surface area contributed by atoms with E-state index in [0.717, 1.165) is 5.56 Å². The molecule has 7 nitrogen and oxygen atoms in total. The predicted molar refractivity (Wildman–Crippen MR) is 104 cm³/mol. The molecule has 2 rings (SSSR count). The topological polar surface area (TPSA) is 89.0 Å². The molecule has 0 bridgehead atoms. The quantitative estimate of drug-likeness (QED) is 0.553. The fourth-order valence-electron chi connectivity index (χ4n) is 2.33. The number of amides is 2. The molecule has 0 fully saturated rings. The molecule has 0 aliphatic rings. The van der Waals surface area contributed by atoms with Gasteiger partial charge in [-0.05, 0) is 36.8 Å². The smallest absolute Gasteiger partial charge is 0.240 e. The molecule has 2 N–H and O–H groups in total. The van der Waals surface area contributed by atoms with Gasteiger partial charge in [0.1, 0.15) is 11.5 Å². The second kappa shape index (κ2) is 9.96. The van der Waals surface area contributed by atoms with Crippen LogP contribution >= 0.6 is 0 Å². The number of hydrogen-bond acceptors (Lipinski definition) is 5. The molecule has 0 aromatic heterocycles. The maximum atomic E-state index is 11.9. The van der Waals surface area contributed by atoms with Crippen molar-refractivity contribution >= 4 is 23.7 Å². The normalized spacial score (nSPS) is 10.5. The van der Waals surface area contributed by atoms with Crippen LogP contribution in [0.25, 0.3) is 0 Å². The molecule has 0 spiro atoms. The molecule has 2 aromatic carbocycles. The SMILES string of the molecule is COc1ccc(C=NNC(=O)CCC(=O)Nc2cccc(C)c2)c(OC)c1. The van der Waals surface area contributed by atoms with Crippen molar-refractivity contribution in [1.82, 2.24) is 5.43 Å². The third-order valence-corrected chi connectivity index (χ3v) is 3.71. The minimum absolute atomic E-state index is 0.0364. The highest BCUT2D eigenvalue weighted by Crippen LogP contribution is 2.22. The molecule has 7 heteroatoms. The number of carbonyl (C=O) groups is 2. The maximum Gasteiger partial charge on any atom is 0.240 e. The van der Waals surface area contributed by atoms with E-state index < -0.39 is 0 Å². The van der Waals surface area contributed by atoms with Gasteiger partial charge in [0.15, 0.2) is 0 Å². The van der Waals surface area contributed by atoms with Crippen LogP contribution in [0.4, 0.5) is 5.69 Å². The molecule has 0 aliphatic heterocycles. The molecule has 142 valence electrons. The Labute approximate surface area is 158 Å². The van der Waals surface area contributed by atoms with Gasteiger partial charge in [0, 0.05) is 30.2 Å². The number of aryl methyl sites for hydroxylation is 1. The third kappa shape index (κ3) is 6.47. The fourth-order valence-corrected chi connectivity index (χ4v) is 2.33. The summed E-state index contributed by atoms with van der Waals surface area (Å²) >= 11 is 0. The van der Waals surface area contributed by atoms with Crippen molar-refractivity contribution in [2.45, 2.75) is 19.8 Å². The van der Waals surface area contributed by atoms with Gasteiger partial charge in [0.05, 0.1) is 20.4 Å². The summed E-state index contributed by atoms with van der Waals surface area (Å²) in [5.41, 5.74) is 4.86. The fraction of sp³-hybridized carbons (Fsp3) is 0.250. The largest absolute Gasteiger partial charge is 0.497 e. The van der Waals surface area contributed by atoms with Gasteiger partial charge in [-0.2, -0.15) is 5.10 Å². The van der Waals surface area contributed by atoms with E-state index in [4.69, 9.17) is 9.47 Å². The van der Waals surface area contributed by atoms with Crippen molar-refractivity contribution < 1.29 is 19.1 Å². The van der Waals surface area contributed by atoms with Crippen molar-refractivity contribution in [1.29, 1.82) is 0 Å². The molecular weight excluding hydrogens is 346 g/mol. The zero-order chi connectivity index (χ0) is 19.6. The average molecular weight is 369 g/mol. The first kappa shape index (κ1) is 20.0. The van der Waals surface area contributed by atoms with E-state index in [1.54, 1.807) is 31.4 Å². The van der Waals surface area contributed by atoms with Gasteiger partial charge >= 0.3 is 0 Å². The van der Waals surface area contributed by atoms with Crippen LogP contribution in [0.5, 0.6) is 11.5 Å². The monoisotopic (exact) mass is 369 g/mol. The number of anilines is 1. The lowest BCUT2D eigenvalue weighted by Gasteiger charge is -2.07. The molecule has 2 amide bonds. The van der Waals surface area contributed by atoms with Crippen LogP contribution in [-0.4, -0.2) is 32.2 Å². The van der Waals surface area contributed by atoms with Crippen molar-refractivity contribution in [2.24, 2.45) is 5.10 Å². The number of nitrogens with one attached hydrogen (secondary N) is 2. The Balaban J connectivity index is 1.80. The van der Waals surface area contributed by atoms with E-state index in [0.29, 0.717) is 22.7 Å². The Morgan fingerprint density at radius 2 is 1.81 bits per heavy atom. The average Bonchev–Trinajstić information content (AvgIpc) is 2.66. The van der Waals surface area contributed by atoms with Crippen LogP contribution in [0.15, 0.2) is 47.6 Å². The highest BCUT2D eigenvalue weighted by atomic mass is 16.5. The number of hydrogen-bond donors (Lipinski definition) is 2.